The Morgan fingerprint density at radius 1 is 1.29 bits per heavy atom. The number of hydrogen-bond donors (Lipinski definition) is 2. The first-order valence-electron chi connectivity index (χ1n) is 9.99. The Kier molecular flexibility index (Phi) is 6.88. The van der Waals surface area contributed by atoms with Gasteiger partial charge in [-0.3, -0.25) is 19.4 Å². The predicted octanol–water partition coefficient (Wildman–Crippen LogP) is -5.11. The fourth-order valence-electron chi connectivity index (χ4n) is 4.27. The van der Waals surface area contributed by atoms with Crippen molar-refractivity contribution in [3.63, 3.8) is 0 Å². The molecule has 0 radical (unpaired) electrons. The molecule has 16 heteroatoms. The van der Waals surface area contributed by atoms with Crippen molar-refractivity contribution >= 4 is 41.3 Å². The number of urea groups is 1. The minimum Gasteiger partial charge on any atom is -0.543 e. The second-order valence-corrected chi connectivity index (χ2v) is 8.68. The zero-order valence-corrected chi connectivity index (χ0v) is 21.4. The van der Waals surface area contributed by atoms with E-state index in [1.165, 1.54) is 45.6 Å². The Labute approximate surface area is 224 Å². The number of aliphatic carboxylic acids is 1. The molecule has 0 aliphatic carbocycles. The van der Waals surface area contributed by atoms with Gasteiger partial charge in [-0.2, -0.15) is 0 Å². The van der Waals surface area contributed by atoms with E-state index in [0.717, 1.165) is 4.90 Å². The van der Waals surface area contributed by atoms with E-state index in [4.69, 9.17) is 10.5 Å². The summed E-state index contributed by atoms with van der Waals surface area (Å²) >= 11 is 1.20. The van der Waals surface area contributed by atoms with Crippen LogP contribution in [0.1, 0.15) is 10.4 Å². The molecule has 2 aromatic rings. The first-order chi connectivity index (χ1) is 16.3. The molecule has 4 heterocycles. The number of carboxylic acid groups (broad SMARTS) is 1. The van der Waals surface area contributed by atoms with Gasteiger partial charge in [-0.05, 0) is 40.3 Å². The maximum absolute atomic E-state index is 12.9. The number of aromatic nitrogens is 4. The third-order valence-electron chi connectivity index (χ3n) is 5.85. The van der Waals surface area contributed by atoms with Gasteiger partial charge in [0.15, 0.2) is 0 Å². The quantitative estimate of drug-likeness (QED) is 0.217. The molecule has 3 atom stereocenters. The summed E-state index contributed by atoms with van der Waals surface area (Å²) in [6.07, 6.45) is -0.705. The number of ether oxygens (including phenoxy) is 1. The van der Waals surface area contributed by atoms with Gasteiger partial charge >= 0.3 is 35.6 Å². The van der Waals surface area contributed by atoms with Crippen molar-refractivity contribution in [2.45, 2.75) is 23.3 Å². The van der Waals surface area contributed by atoms with Crippen molar-refractivity contribution in [1.29, 1.82) is 0 Å². The standard InChI is InChI=1S/C19H18N8O6S.Na/c1-25-19(22-23-24-25)34-6-10-11(17(30)31)27-12-13(16(27)29)26(7-33-14(10)12)18(32)21-9-4-2-8(3-5-9)15(20)28;/h2-5,12-14H,6-7H2,1H3,(H2,20,28)(H,21,32)(H,30,31);/q;+1/p-1/t12-,13-,14?;/m0./s1. The molecule has 2 fully saturated rings. The number of carbonyl (C=O) groups is 4. The number of nitrogens with one attached hydrogen (secondary N) is 1. The SMILES string of the molecule is Cn1nnnc1SCC1=C(C(=O)[O-])N2C(=O)[C@@H]3[C@H]2C1OCN3C(=O)Nc1ccc(C(N)=O)cc1.[Na+]. The average Bonchev–Trinajstić information content (AvgIpc) is 3.36. The molecule has 14 nitrogen and oxygen atoms in total. The van der Waals surface area contributed by atoms with Crippen molar-refractivity contribution in [2.24, 2.45) is 12.8 Å². The van der Waals surface area contributed by atoms with Crippen molar-refractivity contribution in [3.05, 3.63) is 41.1 Å². The smallest absolute Gasteiger partial charge is 0.543 e. The number of rotatable bonds is 6. The van der Waals surface area contributed by atoms with Crippen LogP contribution < -0.4 is 45.7 Å². The number of thioether (sulfide) groups is 1. The number of nitrogens with two attached hydrogens (primary N) is 1. The van der Waals surface area contributed by atoms with Gasteiger partial charge < -0.3 is 25.7 Å². The first-order valence-corrected chi connectivity index (χ1v) is 11.0. The molecule has 5 rings (SSSR count). The third-order valence-corrected chi connectivity index (χ3v) is 6.91. The van der Waals surface area contributed by atoms with Crippen molar-refractivity contribution in [2.75, 3.05) is 17.8 Å². The molecule has 3 aliphatic rings. The predicted molar refractivity (Wildman–Crippen MR) is 112 cm³/mol. The van der Waals surface area contributed by atoms with Gasteiger partial charge in [-0.15, -0.1) is 5.10 Å². The van der Waals surface area contributed by atoms with Crippen LogP contribution in [-0.4, -0.2) is 84.5 Å². The van der Waals surface area contributed by atoms with Crippen LogP contribution in [-0.2, 0) is 21.4 Å². The van der Waals surface area contributed by atoms with Crippen LogP contribution in [0.2, 0.25) is 0 Å². The van der Waals surface area contributed by atoms with E-state index >= 15 is 0 Å². The van der Waals surface area contributed by atoms with Crippen LogP contribution in [0.25, 0.3) is 0 Å². The molecule has 0 spiro atoms. The molecule has 3 aliphatic heterocycles. The molecule has 0 bridgehead atoms. The van der Waals surface area contributed by atoms with Crippen LogP contribution in [0.5, 0.6) is 0 Å². The summed E-state index contributed by atoms with van der Waals surface area (Å²) in [5, 5.41) is 26.1. The topological polar surface area (TPSA) is 189 Å². The van der Waals surface area contributed by atoms with Crippen LogP contribution >= 0.6 is 11.8 Å². The van der Waals surface area contributed by atoms with Gasteiger partial charge in [0, 0.05) is 24.1 Å². The normalized spacial score (nSPS) is 22.3. The molecule has 35 heavy (non-hydrogen) atoms. The number of amides is 4. The van der Waals surface area contributed by atoms with Crippen molar-refractivity contribution in [3.8, 4) is 0 Å². The van der Waals surface area contributed by atoms with E-state index in [-0.39, 0.29) is 53.3 Å². The number of primary amides is 1. The zero-order chi connectivity index (χ0) is 24.1. The van der Waals surface area contributed by atoms with E-state index in [2.05, 4.69) is 20.8 Å². The molecular formula is C19H17N8NaO6S. The van der Waals surface area contributed by atoms with Crippen molar-refractivity contribution < 1.29 is 58.6 Å². The summed E-state index contributed by atoms with van der Waals surface area (Å²) in [5.74, 6) is -2.47. The van der Waals surface area contributed by atoms with E-state index < -0.39 is 42.0 Å². The average molecular weight is 508 g/mol. The number of tetrazole rings is 1. The van der Waals surface area contributed by atoms with Crippen molar-refractivity contribution in [1.82, 2.24) is 30.0 Å². The Bertz CT molecular complexity index is 1250. The van der Waals surface area contributed by atoms with Crippen LogP contribution in [0.3, 0.4) is 0 Å². The molecule has 3 N–H and O–H groups in total. The van der Waals surface area contributed by atoms with Crippen LogP contribution in [0.4, 0.5) is 10.5 Å². The summed E-state index contributed by atoms with van der Waals surface area (Å²) < 4.78 is 7.29. The van der Waals surface area contributed by atoms with Crippen LogP contribution in [0, 0.1) is 0 Å². The second-order valence-electron chi connectivity index (χ2n) is 7.74. The van der Waals surface area contributed by atoms with Gasteiger partial charge in [-0.25, -0.2) is 9.48 Å². The molecular weight excluding hydrogens is 491 g/mol. The summed E-state index contributed by atoms with van der Waals surface area (Å²) in [6.45, 7) is -0.226. The van der Waals surface area contributed by atoms with E-state index in [9.17, 15) is 24.3 Å². The zero-order valence-electron chi connectivity index (χ0n) is 18.6. The summed E-state index contributed by atoms with van der Waals surface area (Å²) in [7, 11) is 1.65. The Morgan fingerprint density at radius 2 is 2.00 bits per heavy atom. The fraction of sp³-hybridized carbons (Fsp3) is 0.316. The number of nitrogens with zero attached hydrogens (tertiary/aromatic N) is 6. The minimum atomic E-state index is -1.50. The van der Waals surface area contributed by atoms with Gasteiger partial charge in [0.2, 0.25) is 11.1 Å². The largest absolute Gasteiger partial charge is 1.00 e. The molecule has 4 amide bonds. The second kappa shape index (κ2) is 9.58. The Hall–Kier alpha value is -2.98. The summed E-state index contributed by atoms with van der Waals surface area (Å²) in [4.78, 5) is 51.2. The fourth-order valence-corrected chi connectivity index (χ4v) is 5.18. The molecule has 1 aromatic carbocycles. The number of carboxylic acids is 1. The van der Waals surface area contributed by atoms with Crippen LogP contribution in [0.15, 0.2) is 40.7 Å². The first kappa shape index (κ1) is 25.1. The number of anilines is 1. The van der Waals surface area contributed by atoms with E-state index in [1.54, 1.807) is 7.05 Å². The number of β-lactam (4-membered cyclic amide) rings is 1. The number of aryl methyl sites for hydroxylation is 1. The molecule has 1 aromatic heterocycles. The summed E-state index contributed by atoms with van der Waals surface area (Å²) in [5.41, 5.74) is 6.00. The Morgan fingerprint density at radius 3 is 2.60 bits per heavy atom. The molecule has 1 unspecified atom stereocenters. The summed E-state index contributed by atoms with van der Waals surface area (Å²) in [6, 6.07) is 3.75. The monoisotopic (exact) mass is 508 g/mol. The van der Waals surface area contributed by atoms with Gasteiger partial charge in [-0.1, -0.05) is 11.8 Å². The number of hydrogen-bond acceptors (Lipinski definition) is 10. The number of carbonyl (C=O) groups excluding carboxylic acids is 4. The maximum Gasteiger partial charge on any atom is 1.00 e. The number of benzene rings is 1. The molecule has 176 valence electrons. The van der Waals surface area contributed by atoms with Gasteiger partial charge in [0.25, 0.3) is 5.91 Å². The molecule has 0 saturated carbocycles. The van der Waals surface area contributed by atoms with Gasteiger partial charge in [0.1, 0.15) is 18.9 Å². The van der Waals surface area contributed by atoms with E-state index in [0.29, 0.717) is 16.4 Å². The minimum absolute atomic E-state index is 0. The third kappa shape index (κ3) is 4.18. The van der Waals surface area contributed by atoms with E-state index in [1.807, 2.05) is 0 Å². The van der Waals surface area contributed by atoms with Gasteiger partial charge in [0.05, 0.1) is 17.7 Å². The Balaban J connectivity index is 0.00000289. The maximum atomic E-state index is 12.9. The molecule has 2 saturated heterocycles.